The molecule has 2 rings (SSSR count). The van der Waals surface area contributed by atoms with Crippen LogP contribution in [0.4, 0.5) is 5.69 Å². The van der Waals surface area contributed by atoms with Crippen molar-refractivity contribution in [2.45, 2.75) is 13.1 Å². The Morgan fingerprint density at radius 2 is 1.45 bits per heavy atom. The molecule has 0 unspecified atom stereocenters. The van der Waals surface area contributed by atoms with Crippen molar-refractivity contribution in [3.63, 3.8) is 0 Å². The molecule has 4 heteroatoms. The third-order valence-electron chi connectivity index (χ3n) is 3.15. The molecule has 0 atom stereocenters. The lowest BCUT2D eigenvalue weighted by Gasteiger charge is -2.13. The molecule has 0 aliphatic rings. The molecular weight excluding hydrogens is 252 g/mol. The van der Waals surface area contributed by atoms with E-state index in [1.54, 1.807) is 12.1 Å². The minimum Gasteiger partial charge on any atom is -0.504 e. The lowest BCUT2D eigenvalue weighted by atomic mass is 10.1. The molecule has 3 N–H and O–H groups in total. The first-order chi connectivity index (χ1) is 9.56. The highest BCUT2D eigenvalue weighted by Gasteiger charge is 2.01. The molecule has 0 radical (unpaired) electrons. The summed E-state index contributed by atoms with van der Waals surface area (Å²) in [5.74, 6) is -0.173. The SMILES string of the molecule is CN(C)c1ccc(CNCc2ccc(O)c(O)c2)cc1. The van der Waals surface area contributed by atoms with Gasteiger partial charge in [-0.3, -0.25) is 0 Å². The van der Waals surface area contributed by atoms with Gasteiger partial charge < -0.3 is 20.4 Å². The molecule has 106 valence electrons. The average Bonchev–Trinajstić information content (AvgIpc) is 2.43. The van der Waals surface area contributed by atoms with Crippen LogP contribution in [0.1, 0.15) is 11.1 Å². The molecule has 0 saturated carbocycles. The van der Waals surface area contributed by atoms with Crippen LogP contribution in [-0.2, 0) is 13.1 Å². The fourth-order valence-corrected chi connectivity index (χ4v) is 1.94. The highest BCUT2D eigenvalue weighted by molar-refractivity contribution is 5.46. The van der Waals surface area contributed by atoms with Crippen LogP contribution in [-0.4, -0.2) is 24.3 Å². The van der Waals surface area contributed by atoms with Gasteiger partial charge in [0.2, 0.25) is 0 Å². The van der Waals surface area contributed by atoms with E-state index in [0.717, 1.165) is 12.1 Å². The molecule has 20 heavy (non-hydrogen) atoms. The van der Waals surface area contributed by atoms with Gasteiger partial charge in [0.05, 0.1) is 0 Å². The Hall–Kier alpha value is -2.20. The second-order valence-corrected chi connectivity index (χ2v) is 4.99. The van der Waals surface area contributed by atoms with E-state index in [2.05, 4.69) is 34.5 Å². The van der Waals surface area contributed by atoms with E-state index in [-0.39, 0.29) is 11.5 Å². The maximum absolute atomic E-state index is 9.42. The summed E-state index contributed by atoms with van der Waals surface area (Å²) in [5.41, 5.74) is 3.32. The van der Waals surface area contributed by atoms with E-state index in [1.165, 1.54) is 17.3 Å². The van der Waals surface area contributed by atoms with Crippen LogP contribution in [0.2, 0.25) is 0 Å². The number of hydrogen-bond donors (Lipinski definition) is 3. The molecule has 2 aromatic rings. The highest BCUT2D eigenvalue weighted by atomic mass is 16.3. The second-order valence-electron chi connectivity index (χ2n) is 4.99. The molecule has 0 aliphatic heterocycles. The number of phenolic OH excluding ortho intramolecular Hbond substituents is 2. The number of rotatable bonds is 5. The monoisotopic (exact) mass is 272 g/mol. The summed E-state index contributed by atoms with van der Waals surface area (Å²) >= 11 is 0. The Morgan fingerprint density at radius 1 is 0.850 bits per heavy atom. The van der Waals surface area contributed by atoms with Gasteiger partial charge in [-0.25, -0.2) is 0 Å². The maximum Gasteiger partial charge on any atom is 0.157 e. The van der Waals surface area contributed by atoms with Crippen molar-refractivity contribution in [3.8, 4) is 11.5 Å². The fraction of sp³-hybridized carbons (Fsp3) is 0.250. The van der Waals surface area contributed by atoms with Crippen molar-refractivity contribution in [2.75, 3.05) is 19.0 Å². The van der Waals surface area contributed by atoms with Gasteiger partial charge in [-0.15, -0.1) is 0 Å². The van der Waals surface area contributed by atoms with Crippen LogP contribution in [0.3, 0.4) is 0 Å². The standard InChI is InChI=1S/C16H20N2O2/c1-18(2)14-6-3-12(4-7-14)10-17-11-13-5-8-15(19)16(20)9-13/h3-9,17,19-20H,10-11H2,1-2H3. The number of aromatic hydroxyl groups is 2. The van der Waals surface area contributed by atoms with E-state index in [4.69, 9.17) is 0 Å². The van der Waals surface area contributed by atoms with E-state index < -0.39 is 0 Å². The van der Waals surface area contributed by atoms with Gasteiger partial charge in [-0.2, -0.15) is 0 Å². The van der Waals surface area contributed by atoms with Crippen molar-refractivity contribution < 1.29 is 10.2 Å². The Kier molecular flexibility index (Phi) is 4.48. The van der Waals surface area contributed by atoms with Crippen molar-refractivity contribution in [1.82, 2.24) is 5.32 Å². The molecular formula is C16H20N2O2. The Balaban J connectivity index is 1.87. The van der Waals surface area contributed by atoms with Crippen LogP contribution in [0.5, 0.6) is 11.5 Å². The van der Waals surface area contributed by atoms with Gasteiger partial charge >= 0.3 is 0 Å². The lowest BCUT2D eigenvalue weighted by molar-refractivity contribution is 0.403. The van der Waals surface area contributed by atoms with Crippen LogP contribution < -0.4 is 10.2 Å². The summed E-state index contributed by atoms with van der Waals surface area (Å²) in [6, 6.07) is 13.2. The van der Waals surface area contributed by atoms with Gasteiger partial charge in [-0.05, 0) is 35.4 Å². The van der Waals surface area contributed by atoms with Crippen molar-refractivity contribution in [2.24, 2.45) is 0 Å². The molecule has 0 aromatic heterocycles. The zero-order chi connectivity index (χ0) is 14.5. The molecule has 0 heterocycles. The molecule has 0 amide bonds. The molecule has 4 nitrogen and oxygen atoms in total. The largest absolute Gasteiger partial charge is 0.504 e. The summed E-state index contributed by atoms with van der Waals surface area (Å²) in [6.45, 7) is 1.40. The van der Waals surface area contributed by atoms with Crippen LogP contribution in [0.15, 0.2) is 42.5 Å². The third kappa shape index (κ3) is 3.65. The summed E-state index contributed by atoms with van der Waals surface area (Å²) in [5, 5.41) is 22.0. The maximum atomic E-state index is 9.42. The second kappa shape index (κ2) is 6.30. The van der Waals surface area contributed by atoms with Gasteiger partial charge in [-0.1, -0.05) is 18.2 Å². The summed E-state index contributed by atoms with van der Waals surface area (Å²) < 4.78 is 0. The van der Waals surface area contributed by atoms with Crippen LogP contribution in [0.25, 0.3) is 0 Å². The van der Waals surface area contributed by atoms with Gasteiger partial charge in [0.15, 0.2) is 11.5 Å². The normalized spacial score (nSPS) is 10.5. The summed E-state index contributed by atoms with van der Waals surface area (Å²) in [4.78, 5) is 2.07. The summed E-state index contributed by atoms with van der Waals surface area (Å²) in [6.07, 6.45) is 0. The van der Waals surface area contributed by atoms with E-state index in [0.29, 0.717) is 6.54 Å². The summed E-state index contributed by atoms with van der Waals surface area (Å²) in [7, 11) is 4.04. The van der Waals surface area contributed by atoms with E-state index >= 15 is 0 Å². The number of nitrogens with zero attached hydrogens (tertiary/aromatic N) is 1. The Bertz CT molecular complexity index is 565. The zero-order valence-electron chi connectivity index (χ0n) is 11.8. The van der Waals surface area contributed by atoms with Gasteiger partial charge in [0.25, 0.3) is 0 Å². The number of phenols is 2. The van der Waals surface area contributed by atoms with Crippen molar-refractivity contribution in [3.05, 3.63) is 53.6 Å². The quantitative estimate of drug-likeness (QED) is 0.732. The number of hydrogen-bond acceptors (Lipinski definition) is 4. The Labute approximate surface area is 119 Å². The number of nitrogens with one attached hydrogen (secondary N) is 1. The van der Waals surface area contributed by atoms with Crippen LogP contribution >= 0.6 is 0 Å². The van der Waals surface area contributed by atoms with Gasteiger partial charge in [0.1, 0.15) is 0 Å². The third-order valence-corrected chi connectivity index (χ3v) is 3.15. The molecule has 0 spiro atoms. The zero-order valence-corrected chi connectivity index (χ0v) is 11.8. The first-order valence-corrected chi connectivity index (χ1v) is 6.54. The number of anilines is 1. The predicted molar refractivity (Wildman–Crippen MR) is 81.1 cm³/mol. The predicted octanol–water partition coefficient (Wildman–Crippen LogP) is 2.45. The minimum absolute atomic E-state index is 0.0837. The van der Waals surface area contributed by atoms with E-state index in [1.807, 2.05) is 14.1 Å². The van der Waals surface area contributed by atoms with E-state index in [9.17, 15) is 10.2 Å². The van der Waals surface area contributed by atoms with Crippen LogP contribution in [0, 0.1) is 0 Å². The first-order valence-electron chi connectivity index (χ1n) is 6.54. The molecule has 0 aliphatic carbocycles. The number of benzene rings is 2. The smallest absolute Gasteiger partial charge is 0.157 e. The lowest BCUT2D eigenvalue weighted by Crippen LogP contribution is -2.13. The average molecular weight is 272 g/mol. The molecule has 0 saturated heterocycles. The highest BCUT2D eigenvalue weighted by Crippen LogP contribution is 2.24. The molecule has 2 aromatic carbocycles. The minimum atomic E-state index is -0.0898. The fourth-order valence-electron chi connectivity index (χ4n) is 1.94. The first kappa shape index (κ1) is 14.2. The Morgan fingerprint density at radius 3 is 2.05 bits per heavy atom. The topological polar surface area (TPSA) is 55.7 Å². The van der Waals surface area contributed by atoms with Gasteiger partial charge in [0, 0.05) is 32.9 Å². The van der Waals surface area contributed by atoms with Crippen molar-refractivity contribution in [1.29, 1.82) is 0 Å². The molecule has 0 bridgehead atoms. The molecule has 0 fully saturated rings. The van der Waals surface area contributed by atoms with Crippen molar-refractivity contribution >= 4 is 5.69 Å².